The van der Waals surface area contributed by atoms with Gasteiger partial charge in [0.1, 0.15) is 11.7 Å². The number of benzene rings is 2. The summed E-state index contributed by atoms with van der Waals surface area (Å²) in [6, 6.07) is 15.1. The van der Waals surface area contributed by atoms with Crippen LogP contribution in [0.5, 0.6) is 0 Å². The summed E-state index contributed by atoms with van der Waals surface area (Å²) in [7, 11) is 0. The molecule has 0 saturated heterocycles. The number of hydrogen-bond acceptors (Lipinski definition) is 3. The lowest BCUT2D eigenvalue weighted by molar-refractivity contribution is -0.137. The third kappa shape index (κ3) is 2.45. The van der Waals surface area contributed by atoms with Gasteiger partial charge in [0.15, 0.2) is 0 Å². The van der Waals surface area contributed by atoms with E-state index in [2.05, 4.69) is 4.99 Å². The van der Waals surface area contributed by atoms with Crippen molar-refractivity contribution in [2.45, 2.75) is 5.92 Å². The Kier molecular flexibility index (Phi) is 3.29. The van der Waals surface area contributed by atoms with E-state index in [-0.39, 0.29) is 11.8 Å². The molecule has 3 rings (SSSR count). The topological polar surface area (TPSA) is 38.7 Å². The number of rotatable bonds is 2. The third-order valence-corrected chi connectivity index (χ3v) is 3.19. The second kappa shape index (κ2) is 5.25. The van der Waals surface area contributed by atoms with Gasteiger partial charge >= 0.3 is 5.97 Å². The summed E-state index contributed by atoms with van der Waals surface area (Å²) < 4.78 is 18.2. The van der Waals surface area contributed by atoms with Crippen molar-refractivity contribution < 1.29 is 13.9 Å². The predicted molar refractivity (Wildman–Crippen MR) is 73.1 cm³/mol. The molecule has 0 fully saturated rings. The number of carbonyl (C=O) groups excluding carboxylic acids is 1. The molecule has 0 radical (unpaired) electrons. The number of carbonyl (C=O) groups is 1. The first-order valence-electron chi connectivity index (χ1n) is 6.31. The van der Waals surface area contributed by atoms with Crippen LogP contribution >= 0.6 is 0 Å². The zero-order valence-electron chi connectivity index (χ0n) is 10.6. The molecule has 1 atom stereocenters. The molecule has 2 aromatic carbocycles. The van der Waals surface area contributed by atoms with Crippen molar-refractivity contribution in [2.24, 2.45) is 4.99 Å². The fourth-order valence-electron chi connectivity index (χ4n) is 2.11. The minimum atomic E-state index is -0.469. The molecule has 0 aliphatic carbocycles. The minimum Gasteiger partial charge on any atom is -0.407 e. The predicted octanol–water partition coefficient (Wildman–Crippen LogP) is 2.91. The summed E-state index contributed by atoms with van der Waals surface area (Å²) >= 11 is 0. The lowest BCUT2D eigenvalue weighted by Crippen LogP contribution is -2.28. The Morgan fingerprint density at radius 1 is 1.05 bits per heavy atom. The molecule has 0 unspecified atom stereocenters. The number of ether oxygens (including phenoxy) is 1. The minimum absolute atomic E-state index is 0.314. The summed E-state index contributed by atoms with van der Waals surface area (Å²) in [6.07, 6.45) is 0. The number of aliphatic imine (C=N–C) groups is 1. The second-order valence-corrected chi connectivity index (χ2v) is 4.54. The molecule has 1 heterocycles. The highest BCUT2D eigenvalue weighted by molar-refractivity contribution is 6.03. The van der Waals surface area contributed by atoms with E-state index >= 15 is 0 Å². The van der Waals surface area contributed by atoms with E-state index < -0.39 is 5.92 Å². The molecule has 0 aromatic heterocycles. The van der Waals surface area contributed by atoms with Crippen LogP contribution in [0.15, 0.2) is 59.6 Å². The molecule has 1 aliphatic heterocycles. The number of esters is 1. The molecule has 100 valence electrons. The molecule has 1 aliphatic rings. The average molecular weight is 269 g/mol. The maximum atomic E-state index is 12.9. The molecule has 0 saturated carbocycles. The van der Waals surface area contributed by atoms with Gasteiger partial charge in [0.25, 0.3) is 0 Å². The van der Waals surface area contributed by atoms with E-state index in [1.165, 1.54) is 12.1 Å². The van der Waals surface area contributed by atoms with Gasteiger partial charge in [0.2, 0.25) is 5.90 Å². The van der Waals surface area contributed by atoms with Crippen molar-refractivity contribution in [3.63, 3.8) is 0 Å². The average Bonchev–Trinajstić information content (AvgIpc) is 2.49. The standard InChI is InChI=1S/C16H12FNO2/c17-13-8-6-11(7-9-13)14-10-18-15(20-16(14)19)12-4-2-1-3-5-12/h1-9,14H,10H2/t14-/m0/s1. The van der Waals surface area contributed by atoms with Crippen LogP contribution in [-0.2, 0) is 9.53 Å². The molecule has 0 spiro atoms. The highest BCUT2D eigenvalue weighted by Gasteiger charge is 2.28. The van der Waals surface area contributed by atoms with E-state index in [1.807, 2.05) is 30.3 Å². The van der Waals surface area contributed by atoms with Gasteiger partial charge in [-0.2, -0.15) is 0 Å². The van der Waals surface area contributed by atoms with Crippen LogP contribution < -0.4 is 0 Å². The third-order valence-electron chi connectivity index (χ3n) is 3.19. The number of nitrogens with zero attached hydrogens (tertiary/aromatic N) is 1. The lowest BCUT2D eigenvalue weighted by Gasteiger charge is -2.20. The maximum absolute atomic E-state index is 12.9. The van der Waals surface area contributed by atoms with Crippen LogP contribution in [0.3, 0.4) is 0 Å². The molecule has 3 nitrogen and oxygen atoms in total. The van der Waals surface area contributed by atoms with Gasteiger partial charge in [-0.1, -0.05) is 30.3 Å². The van der Waals surface area contributed by atoms with E-state index in [4.69, 9.17) is 4.74 Å². The first-order chi connectivity index (χ1) is 9.74. The summed E-state index contributed by atoms with van der Waals surface area (Å²) in [4.78, 5) is 16.4. The van der Waals surface area contributed by atoms with Crippen LogP contribution in [0.25, 0.3) is 0 Å². The molecular formula is C16H12FNO2. The van der Waals surface area contributed by atoms with Gasteiger partial charge in [-0.25, -0.2) is 9.38 Å². The van der Waals surface area contributed by atoms with Gasteiger partial charge in [0.05, 0.1) is 6.54 Å². The monoisotopic (exact) mass is 269 g/mol. The first kappa shape index (κ1) is 12.5. The fourth-order valence-corrected chi connectivity index (χ4v) is 2.11. The Bertz CT molecular complexity index is 650. The van der Waals surface area contributed by atoms with Crippen molar-refractivity contribution in [3.8, 4) is 0 Å². The largest absolute Gasteiger partial charge is 0.407 e. The van der Waals surface area contributed by atoms with E-state index in [0.29, 0.717) is 18.0 Å². The van der Waals surface area contributed by atoms with E-state index in [0.717, 1.165) is 5.56 Å². The smallest absolute Gasteiger partial charge is 0.322 e. The maximum Gasteiger partial charge on any atom is 0.322 e. The molecule has 0 bridgehead atoms. The Morgan fingerprint density at radius 2 is 1.75 bits per heavy atom. The highest BCUT2D eigenvalue weighted by atomic mass is 19.1. The number of cyclic esters (lactones) is 1. The van der Waals surface area contributed by atoms with Gasteiger partial charge in [-0.3, -0.25) is 4.79 Å². The summed E-state index contributed by atoms with van der Waals surface area (Å²) in [5.74, 6) is -0.811. The zero-order chi connectivity index (χ0) is 13.9. The van der Waals surface area contributed by atoms with Gasteiger partial charge in [-0.05, 0) is 29.8 Å². The lowest BCUT2D eigenvalue weighted by atomic mass is 9.98. The first-order valence-corrected chi connectivity index (χ1v) is 6.31. The fraction of sp³-hybridized carbons (Fsp3) is 0.125. The van der Waals surface area contributed by atoms with Gasteiger partial charge < -0.3 is 4.74 Å². The summed E-state index contributed by atoms with van der Waals surface area (Å²) in [5.41, 5.74) is 1.49. The zero-order valence-corrected chi connectivity index (χ0v) is 10.6. The van der Waals surface area contributed by atoms with Gasteiger partial charge in [-0.15, -0.1) is 0 Å². The number of halogens is 1. The summed E-state index contributed by atoms with van der Waals surface area (Å²) in [6.45, 7) is 0.314. The van der Waals surface area contributed by atoms with Crippen LogP contribution in [0.1, 0.15) is 17.0 Å². The quantitative estimate of drug-likeness (QED) is 0.786. The van der Waals surface area contributed by atoms with Crippen molar-refractivity contribution in [1.29, 1.82) is 0 Å². The summed E-state index contributed by atoms with van der Waals surface area (Å²) in [5, 5.41) is 0. The van der Waals surface area contributed by atoms with Gasteiger partial charge in [0, 0.05) is 5.56 Å². The molecule has 0 amide bonds. The molecule has 4 heteroatoms. The van der Waals surface area contributed by atoms with E-state index in [1.54, 1.807) is 12.1 Å². The second-order valence-electron chi connectivity index (χ2n) is 4.54. The normalized spacial score (nSPS) is 18.4. The molecular weight excluding hydrogens is 257 g/mol. The molecule has 0 N–H and O–H groups in total. The van der Waals surface area contributed by atoms with Crippen LogP contribution in [0.2, 0.25) is 0 Å². The van der Waals surface area contributed by atoms with Crippen molar-refractivity contribution in [1.82, 2.24) is 0 Å². The Labute approximate surface area is 115 Å². The Balaban J connectivity index is 1.84. The van der Waals surface area contributed by atoms with Crippen molar-refractivity contribution >= 4 is 11.9 Å². The molecule has 20 heavy (non-hydrogen) atoms. The highest BCUT2D eigenvalue weighted by Crippen LogP contribution is 2.23. The SMILES string of the molecule is O=C1OC(c2ccccc2)=NC[C@H]1c1ccc(F)cc1. The Hall–Kier alpha value is -2.49. The number of hydrogen-bond donors (Lipinski definition) is 0. The van der Waals surface area contributed by atoms with Crippen molar-refractivity contribution in [3.05, 3.63) is 71.5 Å². The van der Waals surface area contributed by atoms with Crippen LogP contribution in [0.4, 0.5) is 4.39 Å². The van der Waals surface area contributed by atoms with E-state index in [9.17, 15) is 9.18 Å². The van der Waals surface area contributed by atoms with Crippen LogP contribution in [-0.4, -0.2) is 18.4 Å². The Morgan fingerprint density at radius 3 is 2.40 bits per heavy atom. The molecule has 2 aromatic rings. The van der Waals surface area contributed by atoms with Crippen LogP contribution in [0, 0.1) is 5.82 Å². The van der Waals surface area contributed by atoms with Crippen molar-refractivity contribution in [2.75, 3.05) is 6.54 Å².